The van der Waals surface area contributed by atoms with E-state index in [-0.39, 0.29) is 67.8 Å². The van der Waals surface area contributed by atoms with Gasteiger partial charge >= 0.3 is 35.9 Å². The molecule has 0 saturated carbocycles. The highest BCUT2D eigenvalue weighted by atomic mass is 16.4. The van der Waals surface area contributed by atoms with Gasteiger partial charge in [0.25, 0.3) is 0 Å². The molecular formula is C56H61N5O17. The number of nitrogens with one attached hydrogen (secondary N) is 5. The lowest BCUT2D eigenvalue weighted by molar-refractivity contribution is -0.142. The first-order chi connectivity index (χ1) is 37.3. The molecular weight excluding hydrogens is 1010 g/mol. The molecule has 0 aliphatic carbocycles. The number of carbonyl (C=O) groups excluding carboxylic acids is 4. The normalized spacial score (nSPS) is 12.4. The number of hydrogen-bond donors (Lipinski definition) is 11. The van der Waals surface area contributed by atoms with Gasteiger partial charge in [-0.1, -0.05) is 37.1 Å². The SMILES string of the molecule is O=C(O)CCC(NC(=O)NC(CCCCNC(=O)CCCCCCC(=O)NC(CCCCNC(=O)Cc1cccc(C(=O)O)c1-c1c2ccc3cc(O)ccc3c2oc2c1ccc1cc(=O)ccc12)C(=O)O)C(=O)O)C(=O)O. The minimum Gasteiger partial charge on any atom is -0.508 e. The van der Waals surface area contributed by atoms with E-state index >= 15 is 0 Å². The van der Waals surface area contributed by atoms with Crippen LogP contribution in [0.4, 0.5) is 4.79 Å². The van der Waals surface area contributed by atoms with Gasteiger partial charge in [0.05, 0.1) is 12.0 Å². The maximum absolute atomic E-state index is 13.6. The van der Waals surface area contributed by atoms with Gasteiger partial charge in [-0.2, -0.15) is 0 Å². The Morgan fingerprint density at radius 1 is 0.487 bits per heavy atom. The molecule has 5 amide bonds. The third-order valence-corrected chi connectivity index (χ3v) is 13.1. The molecule has 11 N–H and O–H groups in total. The lowest BCUT2D eigenvalue weighted by atomic mass is 9.87. The Morgan fingerprint density at radius 2 is 1.01 bits per heavy atom. The van der Waals surface area contributed by atoms with E-state index in [4.69, 9.17) is 9.52 Å². The number of hydrogen-bond acceptors (Lipinski definition) is 12. The molecule has 78 heavy (non-hydrogen) atoms. The predicted octanol–water partition coefficient (Wildman–Crippen LogP) is 6.42. The summed E-state index contributed by atoms with van der Waals surface area (Å²) in [5.74, 6) is -7.59. The summed E-state index contributed by atoms with van der Waals surface area (Å²) in [6.07, 6.45) is 2.81. The number of carboxylic acid groups (broad SMARTS) is 5. The third kappa shape index (κ3) is 16.0. The molecule has 0 aliphatic heterocycles. The highest BCUT2D eigenvalue weighted by molar-refractivity contribution is 6.21. The fraction of sp³-hybridized carbons (Fsp3) is 0.357. The van der Waals surface area contributed by atoms with Crippen molar-refractivity contribution in [3.63, 3.8) is 0 Å². The molecule has 22 heteroatoms. The smallest absolute Gasteiger partial charge is 0.336 e. The summed E-state index contributed by atoms with van der Waals surface area (Å²) < 4.78 is 6.63. The van der Waals surface area contributed by atoms with Crippen LogP contribution >= 0.6 is 0 Å². The molecule has 0 radical (unpaired) electrons. The van der Waals surface area contributed by atoms with Crippen molar-refractivity contribution in [3.8, 4) is 16.9 Å². The van der Waals surface area contributed by atoms with Gasteiger partial charge in [0, 0.05) is 65.0 Å². The number of amides is 5. The van der Waals surface area contributed by atoms with Crippen LogP contribution in [0.3, 0.4) is 0 Å². The number of rotatable bonds is 30. The average Bonchev–Trinajstić information content (AvgIpc) is 3.45. The van der Waals surface area contributed by atoms with Gasteiger partial charge in [-0.25, -0.2) is 24.0 Å². The van der Waals surface area contributed by atoms with Gasteiger partial charge in [0.1, 0.15) is 35.0 Å². The van der Waals surface area contributed by atoms with E-state index in [1.54, 1.807) is 54.6 Å². The van der Waals surface area contributed by atoms with E-state index in [1.165, 1.54) is 24.3 Å². The number of fused-ring (bicyclic) bond motifs is 6. The molecule has 1 aromatic heterocycles. The first-order valence-electron chi connectivity index (χ1n) is 25.5. The van der Waals surface area contributed by atoms with Gasteiger partial charge in [-0.15, -0.1) is 0 Å². The second-order valence-corrected chi connectivity index (χ2v) is 18.9. The van der Waals surface area contributed by atoms with E-state index in [0.717, 1.165) is 0 Å². The Morgan fingerprint density at radius 3 is 1.59 bits per heavy atom. The van der Waals surface area contributed by atoms with Crippen molar-refractivity contribution < 1.29 is 78.2 Å². The molecule has 1 heterocycles. The number of carbonyl (C=O) groups is 9. The Labute approximate surface area is 445 Å². The van der Waals surface area contributed by atoms with E-state index in [9.17, 15) is 73.5 Å². The number of aliphatic carboxylic acids is 4. The monoisotopic (exact) mass is 1080 g/mol. The molecule has 3 atom stereocenters. The molecule has 0 spiro atoms. The molecule has 5 aromatic carbocycles. The van der Waals surface area contributed by atoms with Crippen molar-refractivity contribution >= 4 is 97.1 Å². The van der Waals surface area contributed by atoms with Crippen molar-refractivity contribution in [3.05, 3.63) is 100 Å². The van der Waals surface area contributed by atoms with Crippen molar-refractivity contribution in [1.29, 1.82) is 0 Å². The van der Waals surface area contributed by atoms with Crippen molar-refractivity contribution in [1.82, 2.24) is 26.6 Å². The standard InChI is InChI=1S/C56H61N5O17/c62-34-18-22-36-31(28-34)16-20-38-49(39-21-17-32-29-35(63)19-23-37(32)51(39)78-50(36)38)48-33(10-9-11-40(48)52(69)70)30-46(66)58-27-8-5-12-41(53(71)72)59-45(65)15-4-2-1-3-14-44(64)57-26-7-6-13-42(54(73)74)60-56(77)61-43(55(75)76)24-25-47(67)68/h9-11,16-23,28-29,41-43,62H,1-8,12-15,24-27,30H2,(H,57,64)(H,58,66)(H,59,65)(H,67,68)(H,69,70)(H,71,72)(H,73,74)(H,75,76)(H2,60,61,77). The van der Waals surface area contributed by atoms with Crippen LogP contribution < -0.4 is 32.0 Å². The Balaban J connectivity index is 0.929. The molecule has 6 aromatic rings. The van der Waals surface area contributed by atoms with Gasteiger partial charge in [-0.3, -0.25) is 24.0 Å². The van der Waals surface area contributed by atoms with Crippen LogP contribution in [-0.4, -0.2) is 115 Å². The summed E-state index contributed by atoms with van der Waals surface area (Å²) in [5, 5.41) is 74.1. The summed E-state index contributed by atoms with van der Waals surface area (Å²) in [6, 6.07) is 16.0. The van der Waals surface area contributed by atoms with Gasteiger partial charge < -0.3 is 61.6 Å². The number of phenolic OH excluding ortho intramolecular Hbond substituents is 1. The lowest BCUT2D eigenvalue weighted by Crippen LogP contribution is -2.51. The molecule has 0 saturated heterocycles. The molecule has 412 valence electrons. The first-order valence-corrected chi connectivity index (χ1v) is 25.5. The Bertz CT molecular complexity index is 3320. The maximum Gasteiger partial charge on any atom is 0.336 e. The minimum atomic E-state index is -1.53. The number of aromatic hydroxyl groups is 1. The number of unbranched alkanes of at least 4 members (excludes halogenated alkanes) is 5. The topological polar surface area (TPSA) is 365 Å². The predicted molar refractivity (Wildman–Crippen MR) is 285 cm³/mol. The zero-order chi connectivity index (χ0) is 56.5. The van der Waals surface area contributed by atoms with E-state index in [0.29, 0.717) is 112 Å². The summed E-state index contributed by atoms with van der Waals surface area (Å²) in [4.78, 5) is 122. The van der Waals surface area contributed by atoms with E-state index in [1.807, 2.05) is 0 Å². The molecule has 0 fully saturated rings. The highest BCUT2D eigenvalue weighted by Crippen LogP contribution is 2.44. The fourth-order valence-electron chi connectivity index (χ4n) is 9.23. The first kappa shape index (κ1) is 58.2. The average molecular weight is 1080 g/mol. The largest absolute Gasteiger partial charge is 0.508 e. The zero-order valence-corrected chi connectivity index (χ0v) is 42.4. The third-order valence-electron chi connectivity index (χ3n) is 13.1. The van der Waals surface area contributed by atoms with Crippen LogP contribution in [0.15, 0.2) is 88.1 Å². The van der Waals surface area contributed by atoms with Crippen LogP contribution in [0.2, 0.25) is 0 Å². The summed E-state index contributed by atoms with van der Waals surface area (Å²) in [6.45, 7) is 0.404. The summed E-state index contributed by atoms with van der Waals surface area (Å²) in [7, 11) is 0. The lowest BCUT2D eigenvalue weighted by Gasteiger charge is -2.19. The number of benzene rings is 5. The van der Waals surface area contributed by atoms with Crippen LogP contribution in [0.25, 0.3) is 54.6 Å². The van der Waals surface area contributed by atoms with Crippen LogP contribution in [0.5, 0.6) is 5.75 Å². The van der Waals surface area contributed by atoms with Crippen LogP contribution in [-0.2, 0) is 40.0 Å². The second kappa shape index (κ2) is 27.6. The summed E-state index contributed by atoms with van der Waals surface area (Å²) >= 11 is 0. The van der Waals surface area contributed by atoms with Crippen molar-refractivity contribution in [2.45, 2.75) is 114 Å². The molecule has 6 rings (SSSR count). The number of aromatic carboxylic acids is 1. The quantitative estimate of drug-likeness (QED) is 0.0132. The van der Waals surface area contributed by atoms with Gasteiger partial charge in [0.2, 0.25) is 17.7 Å². The van der Waals surface area contributed by atoms with Gasteiger partial charge in [-0.05, 0) is 129 Å². The molecule has 3 unspecified atom stereocenters. The fourth-order valence-corrected chi connectivity index (χ4v) is 9.23. The van der Waals surface area contributed by atoms with Crippen molar-refractivity contribution in [2.24, 2.45) is 0 Å². The second-order valence-electron chi connectivity index (χ2n) is 18.9. The molecule has 0 aliphatic rings. The Kier molecular flexibility index (Phi) is 20.6. The molecule has 22 nitrogen and oxygen atoms in total. The number of phenols is 1. The molecule has 0 bridgehead atoms. The Hall–Kier alpha value is -9.08. The minimum absolute atomic E-state index is 0.0182. The van der Waals surface area contributed by atoms with E-state index < -0.39 is 78.7 Å². The van der Waals surface area contributed by atoms with Gasteiger partial charge in [0.15, 0.2) is 5.43 Å². The number of carboxylic acids is 5. The van der Waals surface area contributed by atoms with Crippen LogP contribution in [0.1, 0.15) is 106 Å². The van der Waals surface area contributed by atoms with Crippen molar-refractivity contribution in [2.75, 3.05) is 13.1 Å². The van der Waals surface area contributed by atoms with Crippen LogP contribution in [0, 0.1) is 0 Å². The highest BCUT2D eigenvalue weighted by Gasteiger charge is 2.27. The van der Waals surface area contributed by atoms with E-state index in [2.05, 4.69) is 26.6 Å². The summed E-state index contributed by atoms with van der Waals surface area (Å²) in [5.41, 5.74) is 1.72. The zero-order valence-electron chi connectivity index (χ0n) is 42.4. The number of urea groups is 1. The maximum atomic E-state index is 13.6.